The van der Waals surface area contributed by atoms with Crippen molar-refractivity contribution in [3.63, 3.8) is 0 Å². The molecule has 3 aromatic rings. The molecule has 5 heteroatoms. The maximum atomic E-state index is 12.4. The molecule has 4 N–H and O–H groups in total. The number of aromatic nitrogens is 1. The van der Waals surface area contributed by atoms with Crippen LogP contribution < -0.4 is 5.43 Å². The minimum absolute atomic E-state index is 0.00501. The summed E-state index contributed by atoms with van der Waals surface area (Å²) in [5, 5.41) is 29.7. The lowest BCUT2D eigenvalue weighted by atomic mass is 9.86. The molecule has 0 fully saturated rings. The van der Waals surface area contributed by atoms with Gasteiger partial charge in [0.2, 0.25) is 5.43 Å². The molecule has 2 aromatic carbocycles. The van der Waals surface area contributed by atoms with Gasteiger partial charge in [0.15, 0.2) is 5.75 Å². The van der Waals surface area contributed by atoms with Crippen LogP contribution in [0.25, 0.3) is 22.2 Å². The molecule has 0 saturated heterocycles. The van der Waals surface area contributed by atoms with Crippen molar-refractivity contribution in [1.82, 2.24) is 4.98 Å². The van der Waals surface area contributed by atoms with Gasteiger partial charge >= 0.3 is 0 Å². The zero-order chi connectivity index (χ0) is 17.6. The monoisotopic (exact) mass is 325 g/mol. The average molecular weight is 325 g/mol. The standard InChI is InChI=1S/C19H19NO4/c1-19(2,3)11-6-4-10(5-7-11)16-18(24)17(23)15-13(20-16)8-12(21)9-14(15)22/h4-9,21-22,24H,1-3H3,(H,20,23). The highest BCUT2D eigenvalue weighted by Crippen LogP contribution is 2.33. The van der Waals surface area contributed by atoms with Crippen LogP contribution in [0.15, 0.2) is 41.2 Å². The molecule has 124 valence electrons. The number of fused-ring (bicyclic) bond motifs is 1. The summed E-state index contributed by atoms with van der Waals surface area (Å²) in [6, 6.07) is 9.92. The second-order valence-corrected chi connectivity index (χ2v) is 6.89. The van der Waals surface area contributed by atoms with Crippen LogP contribution in [-0.2, 0) is 5.41 Å². The number of H-pyrrole nitrogens is 1. The Balaban J connectivity index is 2.24. The maximum Gasteiger partial charge on any atom is 0.235 e. The first-order chi connectivity index (χ1) is 11.2. The van der Waals surface area contributed by atoms with Crippen molar-refractivity contribution < 1.29 is 15.3 Å². The van der Waals surface area contributed by atoms with E-state index in [2.05, 4.69) is 25.8 Å². The molecule has 3 rings (SSSR count). The smallest absolute Gasteiger partial charge is 0.235 e. The first-order valence-corrected chi connectivity index (χ1v) is 7.60. The lowest BCUT2D eigenvalue weighted by Gasteiger charge is -2.19. The summed E-state index contributed by atoms with van der Waals surface area (Å²) in [5.41, 5.74) is 1.58. The van der Waals surface area contributed by atoms with Gasteiger partial charge in [0.1, 0.15) is 11.5 Å². The van der Waals surface area contributed by atoms with E-state index in [0.29, 0.717) is 5.56 Å². The van der Waals surface area contributed by atoms with E-state index in [1.165, 1.54) is 6.07 Å². The Kier molecular flexibility index (Phi) is 3.52. The highest BCUT2D eigenvalue weighted by molar-refractivity contribution is 5.90. The van der Waals surface area contributed by atoms with E-state index in [0.717, 1.165) is 11.6 Å². The molecule has 1 heterocycles. The summed E-state index contributed by atoms with van der Waals surface area (Å²) in [4.78, 5) is 15.3. The number of rotatable bonds is 1. The van der Waals surface area contributed by atoms with E-state index < -0.39 is 11.2 Å². The van der Waals surface area contributed by atoms with E-state index in [9.17, 15) is 20.1 Å². The number of hydrogen-bond donors (Lipinski definition) is 4. The molecule has 5 nitrogen and oxygen atoms in total. The fourth-order valence-corrected chi connectivity index (χ4v) is 2.72. The van der Waals surface area contributed by atoms with Crippen LogP contribution in [0.3, 0.4) is 0 Å². The largest absolute Gasteiger partial charge is 0.508 e. The van der Waals surface area contributed by atoms with Gasteiger partial charge in [-0.05, 0) is 11.0 Å². The minimum atomic E-state index is -0.684. The van der Waals surface area contributed by atoms with Crippen LogP contribution in [-0.4, -0.2) is 20.3 Å². The highest BCUT2D eigenvalue weighted by atomic mass is 16.3. The van der Waals surface area contributed by atoms with E-state index in [-0.39, 0.29) is 33.5 Å². The Labute approximate surface area is 138 Å². The van der Waals surface area contributed by atoms with E-state index in [1.54, 1.807) is 0 Å². The van der Waals surface area contributed by atoms with Crippen molar-refractivity contribution in [2.45, 2.75) is 26.2 Å². The van der Waals surface area contributed by atoms with Gasteiger partial charge in [-0.1, -0.05) is 45.0 Å². The quantitative estimate of drug-likeness (QED) is 0.550. The number of phenols is 2. The molecule has 0 saturated carbocycles. The molecular formula is C19H19NO4. The summed E-state index contributed by atoms with van der Waals surface area (Å²) in [7, 11) is 0. The second-order valence-electron chi connectivity index (χ2n) is 6.89. The SMILES string of the molecule is CC(C)(C)c1ccc(-c2[nH]c3cc(O)cc(O)c3c(=O)c2O)cc1. The number of nitrogens with one attached hydrogen (secondary N) is 1. The molecule has 0 unspecified atom stereocenters. The van der Waals surface area contributed by atoms with Crippen LogP contribution in [0.1, 0.15) is 26.3 Å². The Morgan fingerprint density at radius 2 is 1.58 bits per heavy atom. The number of pyridine rings is 1. The van der Waals surface area contributed by atoms with E-state index in [4.69, 9.17) is 0 Å². The van der Waals surface area contributed by atoms with Crippen molar-refractivity contribution in [2.75, 3.05) is 0 Å². The zero-order valence-corrected chi connectivity index (χ0v) is 13.7. The third kappa shape index (κ3) is 2.58. The molecule has 0 aliphatic heterocycles. The topological polar surface area (TPSA) is 93.5 Å². The normalized spacial score (nSPS) is 11.8. The van der Waals surface area contributed by atoms with Crippen molar-refractivity contribution in [3.05, 3.63) is 52.2 Å². The van der Waals surface area contributed by atoms with Gasteiger partial charge in [-0.25, -0.2) is 0 Å². The van der Waals surface area contributed by atoms with Gasteiger partial charge in [0.05, 0.1) is 16.6 Å². The maximum absolute atomic E-state index is 12.4. The Bertz CT molecular complexity index is 979. The van der Waals surface area contributed by atoms with Crippen LogP contribution in [0, 0.1) is 0 Å². The number of aromatic amines is 1. The summed E-state index contributed by atoms with van der Waals surface area (Å²) < 4.78 is 0. The molecular weight excluding hydrogens is 306 g/mol. The molecule has 0 radical (unpaired) electrons. The minimum Gasteiger partial charge on any atom is -0.508 e. The molecule has 0 amide bonds. The lowest BCUT2D eigenvalue weighted by Crippen LogP contribution is -2.10. The van der Waals surface area contributed by atoms with Crippen molar-refractivity contribution in [1.29, 1.82) is 0 Å². The number of aromatic hydroxyl groups is 3. The van der Waals surface area contributed by atoms with Crippen LogP contribution in [0.2, 0.25) is 0 Å². The summed E-state index contributed by atoms with van der Waals surface area (Å²) in [6.07, 6.45) is 0. The zero-order valence-electron chi connectivity index (χ0n) is 13.7. The molecule has 0 aliphatic rings. The summed E-state index contributed by atoms with van der Waals surface area (Å²) in [6.45, 7) is 6.30. The molecule has 0 aliphatic carbocycles. The van der Waals surface area contributed by atoms with Gasteiger partial charge in [-0.3, -0.25) is 4.79 Å². The molecule has 1 aromatic heterocycles. The molecule has 24 heavy (non-hydrogen) atoms. The van der Waals surface area contributed by atoms with Crippen LogP contribution in [0.4, 0.5) is 0 Å². The van der Waals surface area contributed by atoms with E-state index >= 15 is 0 Å². The van der Waals surface area contributed by atoms with Crippen LogP contribution >= 0.6 is 0 Å². The predicted molar refractivity (Wildman–Crippen MR) is 93.7 cm³/mol. The molecule has 0 bridgehead atoms. The van der Waals surface area contributed by atoms with Crippen molar-refractivity contribution in [2.24, 2.45) is 0 Å². The van der Waals surface area contributed by atoms with Gasteiger partial charge in [-0.2, -0.15) is 0 Å². The highest BCUT2D eigenvalue weighted by Gasteiger charge is 2.18. The predicted octanol–water partition coefficient (Wildman–Crippen LogP) is 3.61. The van der Waals surface area contributed by atoms with Crippen LogP contribution in [0.5, 0.6) is 17.2 Å². The summed E-state index contributed by atoms with van der Waals surface area (Å²) >= 11 is 0. The third-order valence-electron chi connectivity index (χ3n) is 4.08. The third-order valence-corrected chi connectivity index (χ3v) is 4.08. The lowest BCUT2D eigenvalue weighted by molar-refractivity contribution is 0.452. The number of hydrogen-bond acceptors (Lipinski definition) is 4. The number of phenolic OH excluding ortho intramolecular Hbond substituents is 2. The first kappa shape index (κ1) is 15.9. The van der Waals surface area contributed by atoms with Gasteiger partial charge in [0, 0.05) is 17.7 Å². The van der Waals surface area contributed by atoms with Gasteiger partial charge in [0.25, 0.3) is 0 Å². The molecule has 0 atom stereocenters. The van der Waals surface area contributed by atoms with Crippen molar-refractivity contribution in [3.8, 4) is 28.5 Å². The average Bonchev–Trinajstić information content (AvgIpc) is 2.49. The van der Waals surface area contributed by atoms with Gasteiger partial charge < -0.3 is 20.3 Å². The Morgan fingerprint density at radius 3 is 2.17 bits per heavy atom. The van der Waals surface area contributed by atoms with E-state index in [1.807, 2.05) is 24.3 Å². The van der Waals surface area contributed by atoms with Gasteiger partial charge in [-0.15, -0.1) is 0 Å². The second kappa shape index (κ2) is 5.30. The Morgan fingerprint density at radius 1 is 0.958 bits per heavy atom. The number of benzene rings is 2. The Hall–Kier alpha value is -2.95. The fraction of sp³-hybridized carbons (Fsp3) is 0.211. The molecule has 0 spiro atoms. The fourth-order valence-electron chi connectivity index (χ4n) is 2.72. The first-order valence-electron chi connectivity index (χ1n) is 7.60. The van der Waals surface area contributed by atoms with Crippen molar-refractivity contribution >= 4 is 10.9 Å². The summed E-state index contributed by atoms with van der Waals surface area (Å²) in [5.74, 6) is -1.02.